The average Bonchev–Trinajstić information content (AvgIpc) is 3.01. The molecular formula is C16H20N4O2. The Bertz CT molecular complexity index is 695. The molecule has 0 aromatic carbocycles. The zero-order valence-corrected chi connectivity index (χ0v) is 12.7. The fourth-order valence-corrected chi connectivity index (χ4v) is 4.06. The minimum Gasteiger partial charge on any atom is -0.441 e. The molecule has 0 radical (unpaired) electrons. The number of amides is 1. The van der Waals surface area contributed by atoms with E-state index in [2.05, 4.69) is 28.5 Å². The summed E-state index contributed by atoms with van der Waals surface area (Å²) in [5.41, 5.74) is 0.684. The number of pyridine rings is 1. The van der Waals surface area contributed by atoms with Crippen LogP contribution in [0.15, 0.2) is 24.7 Å². The minimum atomic E-state index is -0.321. The van der Waals surface area contributed by atoms with E-state index in [1.807, 2.05) is 10.7 Å². The molecule has 2 aromatic heterocycles. The Labute approximate surface area is 128 Å². The van der Waals surface area contributed by atoms with Gasteiger partial charge in [-0.15, -0.1) is 0 Å². The van der Waals surface area contributed by atoms with Crippen molar-refractivity contribution in [2.75, 3.05) is 6.54 Å². The molecule has 2 aromatic rings. The van der Waals surface area contributed by atoms with Crippen molar-refractivity contribution in [2.45, 2.75) is 44.8 Å². The highest BCUT2D eigenvalue weighted by molar-refractivity contribution is 5.76. The van der Waals surface area contributed by atoms with Gasteiger partial charge in [0.25, 0.3) is 0 Å². The lowest BCUT2D eigenvalue weighted by molar-refractivity contribution is -0.0278. The monoisotopic (exact) mass is 300 g/mol. The largest absolute Gasteiger partial charge is 0.441 e. The Hall–Kier alpha value is -2.11. The van der Waals surface area contributed by atoms with Crippen LogP contribution in [0.25, 0.3) is 10.9 Å². The average molecular weight is 300 g/mol. The van der Waals surface area contributed by atoms with E-state index in [4.69, 9.17) is 4.74 Å². The van der Waals surface area contributed by atoms with Crippen molar-refractivity contribution in [3.8, 4) is 0 Å². The molecule has 1 saturated carbocycles. The number of rotatable bonds is 2. The van der Waals surface area contributed by atoms with Gasteiger partial charge >= 0.3 is 6.09 Å². The summed E-state index contributed by atoms with van der Waals surface area (Å²) < 4.78 is 7.60. The van der Waals surface area contributed by atoms with Crippen LogP contribution in [-0.4, -0.2) is 33.0 Å². The highest BCUT2D eigenvalue weighted by Gasteiger charge is 2.48. The number of carbonyl (C=O) groups excluding carboxylic acids is 1. The Balaban J connectivity index is 1.56. The topological polar surface area (TPSA) is 69.0 Å². The Morgan fingerprint density at radius 2 is 2.36 bits per heavy atom. The summed E-state index contributed by atoms with van der Waals surface area (Å²) in [6, 6.07) is 1.98. The molecule has 2 atom stereocenters. The molecular weight excluding hydrogens is 280 g/mol. The van der Waals surface area contributed by atoms with Crippen LogP contribution in [0, 0.1) is 5.41 Å². The van der Waals surface area contributed by atoms with Gasteiger partial charge < -0.3 is 10.1 Å². The fraction of sp³-hybridized carbons (Fsp3) is 0.562. The molecule has 116 valence electrons. The fourth-order valence-electron chi connectivity index (χ4n) is 4.06. The third-order valence-electron chi connectivity index (χ3n) is 4.93. The van der Waals surface area contributed by atoms with E-state index < -0.39 is 0 Å². The number of hydrogen-bond donors (Lipinski definition) is 1. The second-order valence-corrected chi connectivity index (χ2v) is 7.03. The van der Waals surface area contributed by atoms with Gasteiger partial charge in [0, 0.05) is 24.3 Å². The second kappa shape index (κ2) is 4.69. The van der Waals surface area contributed by atoms with Crippen molar-refractivity contribution in [3.05, 3.63) is 24.7 Å². The van der Waals surface area contributed by atoms with E-state index >= 15 is 0 Å². The van der Waals surface area contributed by atoms with Crippen LogP contribution in [0.1, 0.15) is 32.6 Å². The standard InChI is InChI=1S/C16H20N4O2/c1-15(4-2-5-16(9-15)10-18-14(21)22-16)11-20-8-12-3-6-17-7-13(12)19-20/h3,6-8H,2,4-5,9-11H2,1H3,(H,18,21)/t15-,16?/m0/s1. The van der Waals surface area contributed by atoms with Crippen molar-refractivity contribution >= 4 is 17.0 Å². The molecule has 1 N–H and O–H groups in total. The molecule has 1 aliphatic carbocycles. The smallest absolute Gasteiger partial charge is 0.407 e. The number of hydrogen-bond acceptors (Lipinski definition) is 4. The van der Waals surface area contributed by atoms with Crippen LogP contribution in [0.2, 0.25) is 0 Å². The van der Waals surface area contributed by atoms with Crippen LogP contribution in [0.4, 0.5) is 4.79 Å². The zero-order chi connectivity index (χ0) is 15.2. The number of nitrogens with one attached hydrogen (secondary N) is 1. The lowest BCUT2D eigenvalue weighted by Crippen LogP contribution is -2.44. The maximum Gasteiger partial charge on any atom is 0.407 e. The number of nitrogens with zero attached hydrogens (tertiary/aromatic N) is 3. The lowest BCUT2D eigenvalue weighted by Gasteiger charge is -2.42. The summed E-state index contributed by atoms with van der Waals surface area (Å²) in [6.45, 7) is 3.73. The first-order valence-electron chi connectivity index (χ1n) is 7.80. The van der Waals surface area contributed by atoms with Crippen LogP contribution < -0.4 is 5.32 Å². The molecule has 22 heavy (non-hydrogen) atoms. The number of aromatic nitrogens is 3. The van der Waals surface area contributed by atoms with Gasteiger partial charge in [-0.3, -0.25) is 9.67 Å². The van der Waals surface area contributed by atoms with Gasteiger partial charge in [-0.25, -0.2) is 4.79 Å². The summed E-state index contributed by atoms with van der Waals surface area (Å²) in [5.74, 6) is 0. The van der Waals surface area contributed by atoms with Gasteiger partial charge in [0.15, 0.2) is 0 Å². The third-order valence-corrected chi connectivity index (χ3v) is 4.93. The van der Waals surface area contributed by atoms with E-state index in [0.717, 1.165) is 43.1 Å². The molecule has 1 aliphatic heterocycles. The Kier molecular flexibility index (Phi) is 2.89. The SMILES string of the molecule is C[C@]1(Cn2cc3ccncc3n2)CCCC2(CNC(=O)O2)C1. The van der Waals surface area contributed by atoms with Gasteiger partial charge in [-0.2, -0.15) is 5.10 Å². The number of ether oxygens (including phenoxy) is 1. The van der Waals surface area contributed by atoms with Gasteiger partial charge in [0.2, 0.25) is 0 Å². The van der Waals surface area contributed by atoms with E-state index in [0.29, 0.717) is 6.54 Å². The molecule has 1 saturated heterocycles. The van der Waals surface area contributed by atoms with E-state index in [9.17, 15) is 4.79 Å². The third kappa shape index (κ3) is 2.32. The molecule has 1 unspecified atom stereocenters. The summed E-state index contributed by atoms with van der Waals surface area (Å²) in [5, 5.41) is 8.53. The van der Waals surface area contributed by atoms with E-state index in [1.165, 1.54) is 0 Å². The van der Waals surface area contributed by atoms with Crippen LogP contribution in [-0.2, 0) is 11.3 Å². The van der Waals surface area contributed by atoms with Crippen LogP contribution in [0.3, 0.4) is 0 Å². The molecule has 6 heteroatoms. The molecule has 1 spiro atoms. The van der Waals surface area contributed by atoms with Crippen LogP contribution in [0.5, 0.6) is 0 Å². The van der Waals surface area contributed by atoms with E-state index in [-0.39, 0.29) is 17.1 Å². The van der Waals surface area contributed by atoms with Crippen molar-refractivity contribution in [1.29, 1.82) is 0 Å². The van der Waals surface area contributed by atoms with Crippen molar-refractivity contribution in [2.24, 2.45) is 5.41 Å². The second-order valence-electron chi connectivity index (χ2n) is 7.03. The summed E-state index contributed by atoms with van der Waals surface area (Å²) in [7, 11) is 0. The van der Waals surface area contributed by atoms with Gasteiger partial charge in [0.05, 0.1) is 12.7 Å². The normalized spacial score (nSPS) is 31.4. The van der Waals surface area contributed by atoms with Crippen molar-refractivity contribution < 1.29 is 9.53 Å². The van der Waals surface area contributed by atoms with Crippen molar-refractivity contribution in [1.82, 2.24) is 20.1 Å². The van der Waals surface area contributed by atoms with Gasteiger partial charge in [0.1, 0.15) is 11.1 Å². The number of fused-ring (bicyclic) bond motifs is 1. The summed E-state index contributed by atoms with van der Waals surface area (Å²) >= 11 is 0. The summed E-state index contributed by atoms with van der Waals surface area (Å²) in [6.07, 6.45) is 9.41. The molecule has 4 rings (SSSR count). The first-order valence-corrected chi connectivity index (χ1v) is 7.80. The quantitative estimate of drug-likeness (QED) is 0.925. The number of carbonyl (C=O) groups is 1. The highest BCUT2D eigenvalue weighted by Crippen LogP contribution is 2.45. The maximum atomic E-state index is 11.4. The van der Waals surface area contributed by atoms with Crippen molar-refractivity contribution in [3.63, 3.8) is 0 Å². The van der Waals surface area contributed by atoms with Gasteiger partial charge in [-0.05, 0) is 37.2 Å². The highest BCUT2D eigenvalue weighted by atomic mass is 16.6. The van der Waals surface area contributed by atoms with E-state index in [1.54, 1.807) is 12.4 Å². The molecule has 1 amide bonds. The zero-order valence-electron chi connectivity index (χ0n) is 12.7. The predicted molar refractivity (Wildman–Crippen MR) is 81.3 cm³/mol. The molecule has 2 fully saturated rings. The molecule has 3 heterocycles. The first kappa shape index (κ1) is 13.5. The Morgan fingerprint density at radius 1 is 1.45 bits per heavy atom. The predicted octanol–water partition coefficient (Wildman–Crippen LogP) is 2.49. The number of alkyl carbamates (subject to hydrolysis) is 1. The molecule has 6 nitrogen and oxygen atoms in total. The lowest BCUT2D eigenvalue weighted by atomic mass is 9.68. The van der Waals surface area contributed by atoms with Gasteiger partial charge in [-0.1, -0.05) is 6.92 Å². The summed E-state index contributed by atoms with van der Waals surface area (Å²) in [4.78, 5) is 15.6. The minimum absolute atomic E-state index is 0.0834. The molecule has 0 bridgehead atoms. The molecule has 2 aliphatic rings. The van der Waals surface area contributed by atoms with Crippen LogP contribution >= 0.6 is 0 Å². The Morgan fingerprint density at radius 3 is 3.14 bits per heavy atom. The first-order chi connectivity index (χ1) is 10.6. The maximum absolute atomic E-state index is 11.4.